The number of nitrogens with one attached hydrogen (secondary N) is 1. The van der Waals surface area contributed by atoms with Crippen molar-refractivity contribution < 1.29 is 0 Å². The van der Waals surface area contributed by atoms with Gasteiger partial charge in [0.2, 0.25) is 0 Å². The van der Waals surface area contributed by atoms with E-state index in [9.17, 15) is 0 Å². The van der Waals surface area contributed by atoms with Gasteiger partial charge in [-0.25, -0.2) is 4.99 Å². The Bertz CT molecular complexity index is 974. The fraction of sp³-hybridized carbons (Fsp3) is 0.0476. The van der Waals surface area contributed by atoms with Crippen molar-refractivity contribution in [1.29, 1.82) is 0 Å². The first kappa shape index (κ1) is 15.6. The molecule has 0 atom stereocenters. The number of amidine groups is 1. The van der Waals surface area contributed by atoms with Crippen LogP contribution in [0.5, 0.6) is 0 Å². The van der Waals surface area contributed by atoms with E-state index in [-0.39, 0.29) is 0 Å². The number of nitrogens with zero attached hydrogens (tertiary/aromatic N) is 2. The summed E-state index contributed by atoms with van der Waals surface area (Å²) in [5.41, 5.74) is 8.91. The van der Waals surface area contributed by atoms with Gasteiger partial charge in [-0.15, -0.1) is 0 Å². The fourth-order valence-corrected chi connectivity index (χ4v) is 2.94. The number of hydrogen-bond donors (Lipinski definition) is 1. The smallest absolute Gasteiger partial charge is 0.154 e. The summed E-state index contributed by atoms with van der Waals surface area (Å²) in [5, 5.41) is 5.30. The molecule has 0 saturated carbocycles. The Balaban J connectivity index is 1.87. The molecule has 122 valence electrons. The van der Waals surface area contributed by atoms with E-state index in [0.29, 0.717) is 5.02 Å². The first-order chi connectivity index (χ1) is 12.2. The lowest BCUT2D eigenvalue weighted by Crippen LogP contribution is -2.19. The highest BCUT2D eigenvalue weighted by Crippen LogP contribution is 2.28. The zero-order valence-electron chi connectivity index (χ0n) is 13.7. The van der Waals surface area contributed by atoms with Crippen LogP contribution in [-0.2, 0) is 0 Å². The van der Waals surface area contributed by atoms with E-state index in [1.54, 1.807) is 0 Å². The van der Waals surface area contributed by atoms with Crippen molar-refractivity contribution in [3.63, 3.8) is 0 Å². The number of aryl methyl sites for hydroxylation is 1. The third kappa shape index (κ3) is 3.19. The number of aliphatic imine (C=N–C) groups is 1. The topological polar surface area (TPSA) is 36.8 Å². The molecule has 0 amide bonds. The second-order valence-electron chi connectivity index (χ2n) is 5.93. The molecular weight excluding hydrogens is 330 g/mol. The normalized spacial score (nSPS) is 13.2. The van der Waals surface area contributed by atoms with Crippen molar-refractivity contribution in [3.8, 4) is 0 Å². The lowest BCUT2D eigenvalue weighted by atomic mass is 10.0. The van der Waals surface area contributed by atoms with Gasteiger partial charge in [0.05, 0.1) is 5.69 Å². The zero-order chi connectivity index (χ0) is 17.2. The van der Waals surface area contributed by atoms with Gasteiger partial charge >= 0.3 is 0 Å². The molecule has 1 heterocycles. The van der Waals surface area contributed by atoms with Crippen LogP contribution in [-0.4, -0.2) is 11.5 Å². The van der Waals surface area contributed by atoms with Gasteiger partial charge in [0, 0.05) is 21.7 Å². The Morgan fingerprint density at radius 2 is 1.60 bits per heavy atom. The van der Waals surface area contributed by atoms with E-state index in [1.165, 1.54) is 5.56 Å². The molecule has 4 rings (SSSR count). The van der Waals surface area contributed by atoms with E-state index < -0.39 is 0 Å². The maximum atomic E-state index is 6.23. The van der Waals surface area contributed by atoms with Crippen LogP contribution in [0.3, 0.4) is 0 Å². The molecule has 3 nitrogen and oxygen atoms in total. The SMILES string of the molecule is Cc1ccc(C2=Nc3ccc(Cl)cc3C(c3ccccc3)=NN2)cc1. The average molecular weight is 346 g/mol. The molecule has 0 saturated heterocycles. The monoisotopic (exact) mass is 345 g/mol. The van der Waals surface area contributed by atoms with E-state index in [1.807, 2.05) is 60.7 Å². The molecule has 0 bridgehead atoms. The van der Waals surface area contributed by atoms with Crippen LogP contribution in [0.2, 0.25) is 5.02 Å². The van der Waals surface area contributed by atoms with Gasteiger partial charge in [0.15, 0.2) is 5.84 Å². The highest BCUT2D eigenvalue weighted by Gasteiger charge is 2.17. The molecule has 1 aliphatic heterocycles. The molecular formula is C21H16ClN3. The van der Waals surface area contributed by atoms with Gasteiger partial charge in [-0.3, -0.25) is 5.43 Å². The summed E-state index contributed by atoms with van der Waals surface area (Å²) in [4.78, 5) is 4.79. The Labute approximate surface area is 151 Å². The molecule has 4 heteroatoms. The summed E-state index contributed by atoms with van der Waals surface area (Å²) in [6.07, 6.45) is 0. The molecule has 0 spiro atoms. The lowest BCUT2D eigenvalue weighted by Gasteiger charge is -2.07. The Morgan fingerprint density at radius 3 is 2.36 bits per heavy atom. The Kier molecular flexibility index (Phi) is 4.08. The van der Waals surface area contributed by atoms with Gasteiger partial charge in [-0.05, 0) is 25.1 Å². The molecule has 0 unspecified atom stereocenters. The number of benzene rings is 3. The minimum absolute atomic E-state index is 0.663. The van der Waals surface area contributed by atoms with Crippen molar-refractivity contribution in [1.82, 2.24) is 5.43 Å². The minimum atomic E-state index is 0.663. The zero-order valence-corrected chi connectivity index (χ0v) is 14.5. The van der Waals surface area contributed by atoms with Crippen LogP contribution in [0.1, 0.15) is 22.3 Å². The third-order valence-electron chi connectivity index (χ3n) is 4.09. The minimum Gasteiger partial charge on any atom is -0.260 e. The van der Waals surface area contributed by atoms with Crippen LogP contribution < -0.4 is 5.43 Å². The molecule has 0 aliphatic carbocycles. The molecule has 3 aromatic rings. The van der Waals surface area contributed by atoms with Gasteiger partial charge in [-0.1, -0.05) is 71.8 Å². The summed E-state index contributed by atoms with van der Waals surface area (Å²) >= 11 is 6.23. The van der Waals surface area contributed by atoms with Crippen molar-refractivity contribution in [2.45, 2.75) is 6.92 Å². The molecule has 0 radical (unpaired) electrons. The average Bonchev–Trinajstić information content (AvgIpc) is 2.82. The lowest BCUT2D eigenvalue weighted by molar-refractivity contribution is 1.03. The highest BCUT2D eigenvalue weighted by molar-refractivity contribution is 6.31. The maximum Gasteiger partial charge on any atom is 0.154 e. The van der Waals surface area contributed by atoms with Gasteiger partial charge in [-0.2, -0.15) is 5.10 Å². The summed E-state index contributed by atoms with van der Waals surface area (Å²) < 4.78 is 0. The standard InChI is InChI=1S/C21H16ClN3/c1-14-7-9-16(10-8-14)21-23-19-12-11-17(22)13-18(19)20(24-25-21)15-5-3-2-4-6-15/h2-13H,1H3,(H,23,25). The number of hydrogen-bond acceptors (Lipinski definition) is 3. The first-order valence-corrected chi connectivity index (χ1v) is 8.43. The van der Waals surface area contributed by atoms with Crippen molar-refractivity contribution in [2.75, 3.05) is 0 Å². The third-order valence-corrected chi connectivity index (χ3v) is 4.33. The predicted molar refractivity (Wildman–Crippen MR) is 104 cm³/mol. The summed E-state index contributed by atoms with van der Waals surface area (Å²) in [6, 6.07) is 23.9. The first-order valence-electron chi connectivity index (χ1n) is 8.05. The van der Waals surface area contributed by atoms with Crippen LogP contribution in [0.15, 0.2) is 82.9 Å². The second-order valence-corrected chi connectivity index (χ2v) is 6.36. The largest absolute Gasteiger partial charge is 0.260 e. The molecule has 0 aromatic heterocycles. The van der Waals surface area contributed by atoms with Gasteiger partial charge in [0.1, 0.15) is 5.71 Å². The Morgan fingerprint density at radius 1 is 0.840 bits per heavy atom. The second kappa shape index (κ2) is 6.54. The number of fused-ring (bicyclic) bond motifs is 1. The van der Waals surface area contributed by atoms with Crippen LogP contribution >= 0.6 is 11.6 Å². The summed E-state index contributed by atoms with van der Waals surface area (Å²) in [6.45, 7) is 2.06. The van der Waals surface area contributed by atoms with Crippen LogP contribution in [0.25, 0.3) is 0 Å². The van der Waals surface area contributed by atoms with E-state index >= 15 is 0 Å². The van der Waals surface area contributed by atoms with Crippen LogP contribution in [0.4, 0.5) is 5.69 Å². The number of halogens is 1. The quantitative estimate of drug-likeness (QED) is 0.690. The number of hydrazone groups is 1. The Hall–Kier alpha value is -2.91. The molecule has 0 fully saturated rings. The van der Waals surface area contributed by atoms with E-state index in [4.69, 9.17) is 16.6 Å². The fourth-order valence-electron chi connectivity index (χ4n) is 2.77. The molecule has 3 aromatic carbocycles. The van der Waals surface area contributed by atoms with Crippen molar-refractivity contribution >= 4 is 28.8 Å². The molecule has 1 N–H and O–H groups in total. The van der Waals surface area contributed by atoms with Gasteiger partial charge in [0.25, 0.3) is 0 Å². The molecule has 25 heavy (non-hydrogen) atoms. The van der Waals surface area contributed by atoms with E-state index in [2.05, 4.69) is 29.6 Å². The summed E-state index contributed by atoms with van der Waals surface area (Å²) in [7, 11) is 0. The van der Waals surface area contributed by atoms with Crippen LogP contribution in [0, 0.1) is 6.92 Å². The molecule has 1 aliphatic rings. The van der Waals surface area contributed by atoms with Gasteiger partial charge < -0.3 is 0 Å². The maximum absolute atomic E-state index is 6.23. The number of rotatable bonds is 2. The van der Waals surface area contributed by atoms with Crippen molar-refractivity contribution in [2.24, 2.45) is 10.1 Å². The van der Waals surface area contributed by atoms with Crippen molar-refractivity contribution in [3.05, 3.63) is 100 Å². The summed E-state index contributed by atoms with van der Waals surface area (Å²) in [5.74, 6) is 0.717. The predicted octanol–water partition coefficient (Wildman–Crippen LogP) is 5.08. The highest BCUT2D eigenvalue weighted by atomic mass is 35.5. The van der Waals surface area contributed by atoms with E-state index in [0.717, 1.165) is 33.9 Å².